The molecule has 1 aliphatic rings. The normalized spacial score (nSPS) is 16.4. The molecule has 0 saturated heterocycles. The Morgan fingerprint density at radius 2 is 1.30 bits per heavy atom. The predicted molar refractivity (Wildman–Crippen MR) is 100 cm³/mol. The van der Waals surface area contributed by atoms with E-state index in [0.29, 0.717) is 0 Å². The Bertz CT molecular complexity index is 959. The average Bonchev–Trinajstić information content (AvgIpc) is 3.03. The van der Waals surface area contributed by atoms with Crippen molar-refractivity contribution in [3.63, 3.8) is 0 Å². The second kappa shape index (κ2) is 5.04. The van der Waals surface area contributed by atoms with Gasteiger partial charge in [0.15, 0.2) is 0 Å². The molecule has 1 N–H and O–H groups in total. The zero-order valence-corrected chi connectivity index (χ0v) is 13.3. The summed E-state index contributed by atoms with van der Waals surface area (Å²) in [6.07, 6.45) is 0. The minimum atomic E-state index is 0.253. The Balaban J connectivity index is 1.79. The molecule has 23 heavy (non-hydrogen) atoms. The third-order valence-corrected chi connectivity index (χ3v) is 5.69. The van der Waals surface area contributed by atoms with Crippen LogP contribution in [0.5, 0.6) is 0 Å². The molecule has 4 aromatic rings. The summed E-state index contributed by atoms with van der Waals surface area (Å²) in [6.45, 7) is 0. The molecule has 0 amide bonds. The van der Waals surface area contributed by atoms with Gasteiger partial charge in [-0.05, 0) is 39.7 Å². The summed E-state index contributed by atoms with van der Waals surface area (Å²) in [5, 5.41) is 9.24. The highest BCUT2D eigenvalue weighted by Gasteiger charge is 2.25. The monoisotopic (exact) mass is 313 g/mol. The molecule has 1 aliphatic heterocycles. The van der Waals surface area contributed by atoms with Gasteiger partial charge in [0.2, 0.25) is 0 Å². The van der Waals surface area contributed by atoms with Crippen LogP contribution in [0.4, 0.5) is 5.69 Å². The van der Waals surface area contributed by atoms with Crippen LogP contribution in [0.3, 0.4) is 0 Å². The van der Waals surface area contributed by atoms with Crippen LogP contribution >= 0.6 is 11.8 Å². The maximum atomic E-state index is 3.70. The number of rotatable bonds is 1. The van der Waals surface area contributed by atoms with E-state index in [9.17, 15) is 0 Å². The zero-order valence-electron chi connectivity index (χ0n) is 12.5. The van der Waals surface area contributed by atoms with Crippen molar-refractivity contribution in [3.8, 4) is 0 Å². The fourth-order valence-electron chi connectivity index (χ4n) is 3.45. The van der Waals surface area contributed by atoms with Crippen LogP contribution in [0.25, 0.3) is 21.5 Å². The minimum absolute atomic E-state index is 0.253. The summed E-state index contributed by atoms with van der Waals surface area (Å²) in [4.78, 5) is 1.33. The van der Waals surface area contributed by atoms with Crippen molar-refractivity contribution >= 4 is 39.0 Å². The van der Waals surface area contributed by atoms with Crippen molar-refractivity contribution in [1.29, 1.82) is 0 Å². The van der Waals surface area contributed by atoms with Crippen molar-refractivity contribution in [2.24, 2.45) is 0 Å². The van der Waals surface area contributed by atoms with E-state index in [-0.39, 0.29) is 5.37 Å². The second-order valence-corrected chi connectivity index (χ2v) is 7.02. The SMILES string of the molecule is c1ccc2c(c1)N[C@@H](c1c3ccccc3cc3ccccc13)S2. The van der Waals surface area contributed by atoms with Gasteiger partial charge in [-0.15, -0.1) is 0 Å². The molecule has 2 heteroatoms. The topological polar surface area (TPSA) is 12.0 Å². The Hall–Kier alpha value is -2.45. The number of nitrogens with one attached hydrogen (secondary N) is 1. The number of anilines is 1. The van der Waals surface area contributed by atoms with Gasteiger partial charge < -0.3 is 5.32 Å². The lowest BCUT2D eigenvalue weighted by atomic mass is 9.96. The van der Waals surface area contributed by atoms with E-state index in [1.165, 1.54) is 37.7 Å². The molecule has 0 spiro atoms. The highest BCUT2D eigenvalue weighted by molar-refractivity contribution is 8.00. The van der Waals surface area contributed by atoms with Gasteiger partial charge in [0, 0.05) is 16.1 Å². The van der Waals surface area contributed by atoms with E-state index in [2.05, 4.69) is 84.2 Å². The van der Waals surface area contributed by atoms with E-state index < -0.39 is 0 Å². The molecule has 5 rings (SSSR count). The van der Waals surface area contributed by atoms with Crippen LogP contribution in [-0.4, -0.2) is 0 Å². The summed E-state index contributed by atoms with van der Waals surface area (Å²) in [6, 6.07) is 28.2. The fraction of sp³-hybridized carbons (Fsp3) is 0.0476. The Morgan fingerprint density at radius 1 is 0.696 bits per heavy atom. The number of para-hydroxylation sites is 1. The lowest BCUT2D eigenvalue weighted by Crippen LogP contribution is -2.03. The summed E-state index contributed by atoms with van der Waals surface area (Å²) in [5.74, 6) is 0. The highest BCUT2D eigenvalue weighted by atomic mass is 32.2. The fourth-order valence-corrected chi connectivity index (χ4v) is 4.67. The molecule has 0 saturated carbocycles. The number of benzene rings is 4. The lowest BCUT2D eigenvalue weighted by Gasteiger charge is -2.17. The molecule has 1 heterocycles. The van der Waals surface area contributed by atoms with Crippen molar-refractivity contribution in [2.45, 2.75) is 10.3 Å². The third-order valence-electron chi connectivity index (χ3n) is 4.49. The lowest BCUT2D eigenvalue weighted by molar-refractivity contribution is 1.17. The predicted octanol–water partition coefficient (Wildman–Crippen LogP) is 6.21. The molecule has 110 valence electrons. The van der Waals surface area contributed by atoms with E-state index in [4.69, 9.17) is 0 Å². The molecule has 4 aromatic carbocycles. The van der Waals surface area contributed by atoms with Gasteiger partial charge in [-0.1, -0.05) is 72.4 Å². The first-order valence-electron chi connectivity index (χ1n) is 7.83. The average molecular weight is 313 g/mol. The van der Waals surface area contributed by atoms with E-state index in [1.807, 2.05) is 11.8 Å². The molecule has 0 fully saturated rings. The molecule has 0 aromatic heterocycles. The van der Waals surface area contributed by atoms with Crippen molar-refractivity contribution in [1.82, 2.24) is 0 Å². The van der Waals surface area contributed by atoms with Gasteiger partial charge in [-0.3, -0.25) is 0 Å². The van der Waals surface area contributed by atoms with Crippen molar-refractivity contribution in [2.75, 3.05) is 5.32 Å². The molecule has 1 nitrogen and oxygen atoms in total. The van der Waals surface area contributed by atoms with Crippen LogP contribution in [0.15, 0.2) is 83.8 Å². The maximum Gasteiger partial charge on any atom is 0.104 e. The summed E-state index contributed by atoms with van der Waals surface area (Å²) in [7, 11) is 0. The Labute approximate surface area is 139 Å². The molecular weight excluding hydrogens is 298 g/mol. The van der Waals surface area contributed by atoms with Crippen molar-refractivity contribution < 1.29 is 0 Å². The Morgan fingerprint density at radius 3 is 2.00 bits per heavy atom. The first kappa shape index (κ1) is 13.0. The molecule has 0 bridgehead atoms. The third kappa shape index (κ3) is 2.02. The van der Waals surface area contributed by atoms with Gasteiger partial charge in [-0.2, -0.15) is 0 Å². The van der Waals surface area contributed by atoms with Gasteiger partial charge in [-0.25, -0.2) is 0 Å². The van der Waals surface area contributed by atoms with Gasteiger partial charge in [0.1, 0.15) is 5.37 Å². The Kier molecular flexibility index (Phi) is 2.85. The maximum absolute atomic E-state index is 3.70. The van der Waals surface area contributed by atoms with Crippen LogP contribution < -0.4 is 5.32 Å². The van der Waals surface area contributed by atoms with Gasteiger partial charge >= 0.3 is 0 Å². The smallest absolute Gasteiger partial charge is 0.104 e. The van der Waals surface area contributed by atoms with Gasteiger partial charge in [0.25, 0.3) is 0 Å². The first-order chi connectivity index (χ1) is 11.4. The molecule has 0 radical (unpaired) electrons. The molecular formula is C21H15NS. The highest BCUT2D eigenvalue weighted by Crippen LogP contribution is 2.49. The number of fused-ring (bicyclic) bond motifs is 3. The quantitative estimate of drug-likeness (QED) is 0.419. The molecule has 1 atom stereocenters. The molecule has 0 unspecified atom stereocenters. The largest absolute Gasteiger partial charge is 0.368 e. The standard InChI is InChI=1S/C21H15NS/c1-3-9-16-14(7-1)13-15-8-2-4-10-17(15)20(16)21-22-18-11-5-6-12-19(18)23-21/h1-13,21-22H/t21-/m1/s1. The van der Waals surface area contributed by atoms with Crippen LogP contribution in [-0.2, 0) is 0 Å². The van der Waals surface area contributed by atoms with E-state index in [0.717, 1.165) is 0 Å². The van der Waals surface area contributed by atoms with Crippen LogP contribution in [0.2, 0.25) is 0 Å². The van der Waals surface area contributed by atoms with Crippen LogP contribution in [0.1, 0.15) is 10.9 Å². The first-order valence-corrected chi connectivity index (χ1v) is 8.71. The minimum Gasteiger partial charge on any atom is -0.368 e. The summed E-state index contributed by atoms with van der Waals surface area (Å²) in [5.41, 5.74) is 2.62. The van der Waals surface area contributed by atoms with E-state index >= 15 is 0 Å². The number of hydrogen-bond donors (Lipinski definition) is 1. The second-order valence-electron chi connectivity index (χ2n) is 5.87. The van der Waals surface area contributed by atoms with Crippen LogP contribution in [0, 0.1) is 0 Å². The zero-order chi connectivity index (χ0) is 15.2. The summed E-state index contributed by atoms with van der Waals surface area (Å²) >= 11 is 1.91. The van der Waals surface area contributed by atoms with Gasteiger partial charge in [0.05, 0.1) is 0 Å². The molecule has 0 aliphatic carbocycles. The van der Waals surface area contributed by atoms with Crippen molar-refractivity contribution in [3.05, 3.63) is 84.4 Å². The number of thioether (sulfide) groups is 1. The number of hydrogen-bond acceptors (Lipinski definition) is 2. The summed E-state index contributed by atoms with van der Waals surface area (Å²) < 4.78 is 0. The van der Waals surface area contributed by atoms with E-state index in [1.54, 1.807) is 0 Å².